The lowest BCUT2D eigenvalue weighted by atomic mass is 9.71. The van der Waals surface area contributed by atoms with E-state index >= 15 is 0 Å². The summed E-state index contributed by atoms with van der Waals surface area (Å²) in [5.41, 5.74) is 0.377. The van der Waals surface area contributed by atoms with Gasteiger partial charge in [-0.3, -0.25) is 4.79 Å². The molecular weight excluding hydrogens is 328 g/mol. The molecule has 4 nitrogen and oxygen atoms in total. The Balaban J connectivity index is 1.43. The lowest BCUT2D eigenvalue weighted by molar-refractivity contribution is -0.139. The summed E-state index contributed by atoms with van der Waals surface area (Å²) in [4.78, 5) is 13.1. The summed E-state index contributed by atoms with van der Waals surface area (Å²) in [6, 6.07) is 7.96. The average Bonchev–Trinajstić information content (AvgIpc) is 3.03. The van der Waals surface area contributed by atoms with Crippen molar-refractivity contribution in [1.82, 2.24) is 0 Å². The summed E-state index contributed by atoms with van der Waals surface area (Å²) >= 11 is 0. The van der Waals surface area contributed by atoms with Crippen molar-refractivity contribution in [2.24, 2.45) is 17.8 Å². The van der Waals surface area contributed by atoms with Gasteiger partial charge < -0.3 is 14.6 Å². The first-order valence-electron chi connectivity index (χ1n) is 10.1. The zero-order valence-corrected chi connectivity index (χ0v) is 15.7. The largest absolute Gasteiger partial charge is 0.497 e. The Labute approximate surface area is 155 Å². The molecule has 0 spiro atoms. The third-order valence-corrected chi connectivity index (χ3v) is 7.00. The number of aliphatic hydroxyl groups is 1. The van der Waals surface area contributed by atoms with Crippen LogP contribution in [0, 0.1) is 17.8 Å². The van der Waals surface area contributed by atoms with Gasteiger partial charge in [-0.05, 0) is 62.1 Å². The van der Waals surface area contributed by atoms with Crippen molar-refractivity contribution >= 4 is 5.78 Å². The lowest BCUT2D eigenvalue weighted by Crippen LogP contribution is -2.44. The summed E-state index contributed by atoms with van der Waals surface area (Å²) in [7, 11) is 1.67. The molecule has 0 amide bonds. The van der Waals surface area contributed by atoms with Crippen molar-refractivity contribution in [1.29, 1.82) is 0 Å². The molecule has 0 heterocycles. The number of hydrogen-bond acceptors (Lipinski definition) is 4. The van der Waals surface area contributed by atoms with Crippen molar-refractivity contribution in [3.05, 3.63) is 29.8 Å². The summed E-state index contributed by atoms with van der Waals surface area (Å²) in [5.74, 6) is 1.40. The molecular formula is C22H30O4. The van der Waals surface area contributed by atoms with Crippen LogP contribution in [0.3, 0.4) is 0 Å². The minimum atomic E-state index is -0.750. The Bertz CT molecular complexity index is 640. The molecule has 0 aliphatic heterocycles. The summed E-state index contributed by atoms with van der Waals surface area (Å²) in [6.45, 7) is 0.569. The first kappa shape index (κ1) is 18.0. The second-order valence-electron chi connectivity index (χ2n) is 8.39. The highest BCUT2D eigenvalue weighted by molar-refractivity contribution is 5.85. The van der Waals surface area contributed by atoms with Crippen LogP contribution in [-0.2, 0) is 16.1 Å². The molecule has 4 heteroatoms. The predicted octanol–water partition coefficient (Wildman–Crippen LogP) is 3.89. The minimum absolute atomic E-state index is 0.0907. The molecule has 3 aliphatic rings. The highest BCUT2D eigenvalue weighted by Gasteiger charge is 2.52. The van der Waals surface area contributed by atoms with Crippen LogP contribution >= 0.6 is 0 Å². The van der Waals surface area contributed by atoms with Gasteiger partial charge >= 0.3 is 0 Å². The summed E-state index contributed by atoms with van der Waals surface area (Å²) < 4.78 is 11.4. The molecule has 1 aromatic rings. The minimum Gasteiger partial charge on any atom is -0.497 e. The van der Waals surface area contributed by atoms with Gasteiger partial charge in [-0.2, -0.15) is 0 Å². The Kier molecular flexibility index (Phi) is 5.07. The smallest absolute Gasteiger partial charge is 0.142 e. The van der Waals surface area contributed by atoms with Crippen LogP contribution in [-0.4, -0.2) is 29.7 Å². The maximum atomic E-state index is 13.1. The number of Topliss-reactive ketones (excluding diaryl/α,β-unsaturated/α-hetero) is 1. The zero-order chi connectivity index (χ0) is 18.1. The standard InChI is InChI=1S/C22H30O4/c1-25-16-7-5-15(6-8-16)14-26-20-10-9-18-17(20)11-13-22(24)12-3-2-4-19(22)21(18)23/h5-8,17-20,24H,2-4,9-14H2,1H3/t17-,18-,19-,20+,22+/m1/s1. The van der Waals surface area contributed by atoms with E-state index in [9.17, 15) is 9.90 Å². The van der Waals surface area contributed by atoms with E-state index in [2.05, 4.69) is 0 Å². The average molecular weight is 358 g/mol. The van der Waals surface area contributed by atoms with Crippen molar-refractivity contribution in [2.45, 2.75) is 69.7 Å². The fourth-order valence-corrected chi connectivity index (χ4v) is 5.51. The molecule has 3 fully saturated rings. The van der Waals surface area contributed by atoms with Crippen LogP contribution in [0.1, 0.15) is 56.9 Å². The Morgan fingerprint density at radius 1 is 1.08 bits per heavy atom. The normalized spacial score (nSPS) is 36.9. The maximum absolute atomic E-state index is 13.1. The van der Waals surface area contributed by atoms with E-state index in [1.165, 1.54) is 0 Å². The molecule has 3 aliphatic carbocycles. The van der Waals surface area contributed by atoms with E-state index < -0.39 is 5.60 Å². The van der Waals surface area contributed by atoms with Crippen molar-refractivity contribution < 1.29 is 19.4 Å². The van der Waals surface area contributed by atoms with Crippen LogP contribution in [0.2, 0.25) is 0 Å². The Morgan fingerprint density at radius 3 is 2.65 bits per heavy atom. The monoisotopic (exact) mass is 358 g/mol. The number of carbonyl (C=O) groups is 1. The van der Waals surface area contributed by atoms with E-state index in [1.807, 2.05) is 24.3 Å². The van der Waals surface area contributed by atoms with E-state index in [0.29, 0.717) is 12.4 Å². The highest BCUT2D eigenvalue weighted by atomic mass is 16.5. The quantitative estimate of drug-likeness (QED) is 0.887. The maximum Gasteiger partial charge on any atom is 0.142 e. The molecule has 5 atom stereocenters. The van der Waals surface area contributed by atoms with Crippen LogP contribution in [0.4, 0.5) is 0 Å². The molecule has 0 unspecified atom stereocenters. The van der Waals surface area contributed by atoms with Crippen molar-refractivity contribution in [2.75, 3.05) is 7.11 Å². The Morgan fingerprint density at radius 2 is 1.88 bits per heavy atom. The summed E-state index contributed by atoms with van der Waals surface area (Å²) in [6.07, 6.45) is 7.47. The van der Waals surface area contributed by atoms with Gasteiger partial charge in [0, 0.05) is 11.8 Å². The number of rotatable bonds is 4. The van der Waals surface area contributed by atoms with Gasteiger partial charge in [0.15, 0.2) is 0 Å². The number of methoxy groups -OCH3 is 1. The molecule has 1 N–H and O–H groups in total. The van der Waals surface area contributed by atoms with E-state index in [1.54, 1.807) is 7.11 Å². The van der Waals surface area contributed by atoms with Gasteiger partial charge in [0.25, 0.3) is 0 Å². The molecule has 3 saturated carbocycles. The molecule has 0 saturated heterocycles. The van der Waals surface area contributed by atoms with Crippen molar-refractivity contribution in [3.8, 4) is 5.75 Å². The molecule has 0 radical (unpaired) electrons. The first-order valence-corrected chi connectivity index (χ1v) is 10.1. The van der Waals surface area contributed by atoms with E-state index in [4.69, 9.17) is 9.47 Å². The van der Waals surface area contributed by atoms with Gasteiger partial charge in [0.2, 0.25) is 0 Å². The van der Waals surface area contributed by atoms with Gasteiger partial charge in [0.05, 0.1) is 25.4 Å². The Hall–Kier alpha value is -1.39. The number of carbonyl (C=O) groups excluding carboxylic acids is 1. The molecule has 142 valence electrons. The number of fused-ring (bicyclic) bond motifs is 2. The van der Waals surface area contributed by atoms with Gasteiger partial charge in [-0.25, -0.2) is 0 Å². The fraction of sp³-hybridized carbons (Fsp3) is 0.682. The summed E-state index contributed by atoms with van der Waals surface area (Å²) in [5, 5.41) is 11.1. The third-order valence-electron chi connectivity index (χ3n) is 7.00. The van der Waals surface area contributed by atoms with Gasteiger partial charge in [-0.1, -0.05) is 25.0 Å². The van der Waals surface area contributed by atoms with Crippen LogP contribution in [0.25, 0.3) is 0 Å². The lowest BCUT2D eigenvalue weighted by Gasteiger charge is -2.38. The van der Waals surface area contributed by atoms with Gasteiger partial charge in [0.1, 0.15) is 11.5 Å². The van der Waals surface area contributed by atoms with Crippen LogP contribution < -0.4 is 4.74 Å². The fourth-order valence-electron chi connectivity index (χ4n) is 5.51. The molecule has 0 bridgehead atoms. The molecule has 0 aromatic heterocycles. The number of ether oxygens (including phenoxy) is 2. The topological polar surface area (TPSA) is 55.8 Å². The van der Waals surface area contributed by atoms with E-state index in [0.717, 1.165) is 62.7 Å². The number of hydrogen-bond donors (Lipinski definition) is 1. The first-order chi connectivity index (χ1) is 12.6. The molecule has 4 rings (SSSR count). The van der Waals surface area contributed by atoms with Gasteiger partial charge in [-0.15, -0.1) is 0 Å². The van der Waals surface area contributed by atoms with Crippen LogP contribution in [0.15, 0.2) is 24.3 Å². The SMILES string of the molecule is COc1ccc(CO[C@H]2CC[C@H]3C(=O)[C@H]4CCCC[C@]4(O)CC[C@@H]23)cc1. The second-order valence-corrected chi connectivity index (χ2v) is 8.39. The highest BCUT2D eigenvalue weighted by Crippen LogP contribution is 2.49. The predicted molar refractivity (Wildman–Crippen MR) is 98.9 cm³/mol. The third kappa shape index (κ3) is 3.29. The second kappa shape index (κ2) is 7.32. The zero-order valence-electron chi connectivity index (χ0n) is 15.7. The van der Waals surface area contributed by atoms with E-state index in [-0.39, 0.29) is 23.9 Å². The number of benzene rings is 1. The molecule has 1 aromatic carbocycles. The van der Waals surface area contributed by atoms with Crippen LogP contribution in [0.5, 0.6) is 5.75 Å². The molecule has 26 heavy (non-hydrogen) atoms. The van der Waals surface area contributed by atoms with Crippen molar-refractivity contribution in [3.63, 3.8) is 0 Å². The number of ketones is 1.